The predicted molar refractivity (Wildman–Crippen MR) is 126 cm³/mol. The summed E-state index contributed by atoms with van der Waals surface area (Å²) in [6.45, 7) is 8.63. The number of terminal acetylenes is 1. The summed E-state index contributed by atoms with van der Waals surface area (Å²) in [5, 5.41) is 15.5. The van der Waals surface area contributed by atoms with Crippen molar-refractivity contribution in [1.82, 2.24) is 15.5 Å². The number of benzene rings is 1. The van der Waals surface area contributed by atoms with Crippen molar-refractivity contribution < 1.29 is 29.0 Å². The molecule has 0 spiro atoms. The van der Waals surface area contributed by atoms with Crippen LogP contribution in [0.25, 0.3) is 0 Å². The van der Waals surface area contributed by atoms with E-state index in [4.69, 9.17) is 16.9 Å². The Morgan fingerprint density at radius 1 is 1.21 bits per heavy atom. The molecule has 0 saturated heterocycles. The van der Waals surface area contributed by atoms with Crippen LogP contribution >= 0.6 is 0 Å². The van der Waals surface area contributed by atoms with Gasteiger partial charge < -0.3 is 26.2 Å². The monoisotopic (exact) mass is 474 g/mol. The second kappa shape index (κ2) is 12.5. The summed E-state index contributed by atoms with van der Waals surface area (Å²) in [7, 11) is 0. The Bertz CT molecular complexity index is 934. The van der Waals surface area contributed by atoms with E-state index in [1.165, 1.54) is 12.1 Å². The highest BCUT2D eigenvalue weighted by Gasteiger charge is 2.38. The van der Waals surface area contributed by atoms with Crippen molar-refractivity contribution >= 4 is 23.8 Å². The Morgan fingerprint density at radius 3 is 2.32 bits per heavy atom. The van der Waals surface area contributed by atoms with Gasteiger partial charge in [0.15, 0.2) is 6.04 Å². The number of amides is 4. The summed E-state index contributed by atoms with van der Waals surface area (Å²) in [4.78, 5) is 51.3. The molecule has 0 aromatic heterocycles. The number of carbonyl (C=O) groups excluding carboxylic acids is 4. The van der Waals surface area contributed by atoms with Crippen LogP contribution in [-0.4, -0.2) is 51.5 Å². The normalized spacial score (nSPS) is 13.5. The number of para-hydroxylation sites is 1. The molecule has 0 aliphatic carbocycles. The zero-order valence-corrected chi connectivity index (χ0v) is 20.3. The molecule has 0 aliphatic rings. The van der Waals surface area contributed by atoms with Gasteiger partial charge in [-0.15, -0.1) is 0 Å². The highest BCUT2D eigenvalue weighted by molar-refractivity contribution is 5.95. The van der Waals surface area contributed by atoms with E-state index < -0.39 is 47.9 Å². The minimum Gasteiger partial charge on any atom is -0.508 e. The van der Waals surface area contributed by atoms with Crippen LogP contribution in [0.2, 0.25) is 0 Å². The average molecular weight is 475 g/mol. The third kappa shape index (κ3) is 8.65. The molecule has 0 saturated carbocycles. The van der Waals surface area contributed by atoms with Gasteiger partial charge in [0.25, 0.3) is 5.91 Å². The van der Waals surface area contributed by atoms with Gasteiger partial charge in [0.2, 0.25) is 11.8 Å². The SMILES string of the molecule is C#CN(C(=O)C(CC(N)=O)NC(=O)OC(C)(C)C)C(C(=O)NC(C)CCC)c1ccccc1O. The van der Waals surface area contributed by atoms with Gasteiger partial charge in [0.1, 0.15) is 17.4 Å². The minimum atomic E-state index is -1.50. The number of aromatic hydroxyl groups is 1. The number of phenols is 1. The molecular weight excluding hydrogens is 440 g/mol. The largest absolute Gasteiger partial charge is 0.508 e. The van der Waals surface area contributed by atoms with Crippen molar-refractivity contribution in [3.63, 3.8) is 0 Å². The molecule has 0 aliphatic heterocycles. The molecule has 4 amide bonds. The Hall–Kier alpha value is -3.74. The summed E-state index contributed by atoms with van der Waals surface area (Å²) >= 11 is 0. The molecule has 34 heavy (non-hydrogen) atoms. The molecule has 3 atom stereocenters. The van der Waals surface area contributed by atoms with E-state index in [2.05, 4.69) is 16.7 Å². The lowest BCUT2D eigenvalue weighted by molar-refractivity contribution is -0.139. The second-order valence-corrected chi connectivity index (χ2v) is 8.87. The number of alkyl carbamates (subject to hydrolysis) is 1. The molecule has 1 rings (SSSR count). The predicted octanol–water partition coefficient (Wildman–Crippen LogP) is 1.93. The minimum absolute atomic E-state index is 0.0742. The van der Waals surface area contributed by atoms with E-state index >= 15 is 0 Å². The first-order valence-corrected chi connectivity index (χ1v) is 11.0. The molecule has 0 radical (unpaired) electrons. The van der Waals surface area contributed by atoms with Gasteiger partial charge in [-0.2, -0.15) is 0 Å². The lowest BCUT2D eigenvalue weighted by Gasteiger charge is -2.31. The van der Waals surface area contributed by atoms with Crippen molar-refractivity contribution in [1.29, 1.82) is 0 Å². The van der Waals surface area contributed by atoms with Crippen LogP contribution in [0.1, 0.15) is 65.5 Å². The molecule has 3 unspecified atom stereocenters. The highest BCUT2D eigenvalue weighted by Crippen LogP contribution is 2.29. The molecule has 186 valence electrons. The first kappa shape index (κ1) is 28.3. The van der Waals surface area contributed by atoms with Crippen molar-refractivity contribution in [2.24, 2.45) is 5.73 Å². The maximum absolute atomic E-state index is 13.4. The average Bonchev–Trinajstić information content (AvgIpc) is 2.70. The number of carbonyl (C=O) groups is 4. The molecule has 0 bridgehead atoms. The number of primary amides is 1. The first-order valence-electron chi connectivity index (χ1n) is 11.0. The van der Waals surface area contributed by atoms with Gasteiger partial charge in [-0.25, -0.2) is 4.79 Å². The number of hydrogen-bond acceptors (Lipinski definition) is 6. The lowest BCUT2D eigenvalue weighted by atomic mass is 10.0. The fourth-order valence-electron chi connectivity index (χ4n) is 3.23. The van der Waals surface area contributed by atoms with E-state index in [1.807, 2.05) is 6.92 Å². The maximum atomic E-state index is 13.4. The van der Waals surface area contributed by atoms with E-state index in [1.54, 1.807) is 39.8 Å². The first-order chi connectivity index (χ1) is 15.8. The van der Waals surface area contributed by atoms with E-state index in [0.717, 1.165) is 11.3 Å². The number of phenolic OH excluding ortho intramolecular Hbond substituents is 1. The fourth-order valence-corrected chi connectivity index (χ4v) is 3.23. The summed E-state index contributed by atoms with van der Waals surface area (Å²) in [5.74, 6) is -2.72. The van der Waals surface area contributed by atoms with Crippen LogP contribution in [-0.2, 0) is 19.1 Å². The number of nitrogens with one attached hydrogen (secondary N) is 2. The van der Waals surface area contributed by atoms with Gasteiger partial charge in [0, 0.05) is 17.6 Å². The molecule has 10 heteroatoms. The molecule has 0 fully saturated rings. The Morgan fingerprint density at radius 2 is 1.82 bits per heavy atom. The van der Waals surface area contributed by atoms with E-state index in [0.29, 0.717) is 6.42 Å². The molecule has 1 aromatic carbocycles. The number of ether oxygens (including phenoxy) is 1. The zero-order valence-electron chi connectivity index (χ0n) is 20.3. The van der Waals surface area contributed by atoms with Crippen molar-refractivity contribution in [3.05, 3.63) is 29.8 Å². The van der Waals surface area contributed by atoms with Crippen LogP contribution in [0.3, 0.4) is 0 Å². The lowest BCUT2D eigenvalue weighted by Crippen LogP contribution is -2.53. The van der Waals surface area contributed by atoms with Crippen molar-refractivity contribution in [3.8, 4) is 18.2 Å². The maximum Gasteiger partial charge on any atom is 0.408 e. The Kier molecular flexibility index (Phi) is 10.4. The number of nitrogens with two attached hydrogens (primary N) is 1. The standard InChI is InChI=1S/C24H34N4O6/c1-7-11-15(3)26-21(31)20(16-12-9-10-13-18(16)29)28(8-2)22(32)17(14-19(25)30)27-23(33)34-24(4,5)6/h2,9-10,12-13,15,17,20,29H,7,11,14H2,1,3-6H3,(H2,25,30)(H,26,31)(H,27,33). The van der Waals surface area contributed by atoms with Crippen molar-refractivity contribution in [2.75, 3.05) is 0 Å². The van der Waals surface area contributed by atoms with Crippen LogP contribution in [0.5, 0.6) is 5.75 Å². The quantitative estimate of drug-likeness (QED) is 0.300. The third-order valence-corrected chi connectivity index (χ3v) is 4.62. The van der Waals surface area contributed by atoms with Crippen LogP contribution in [0.15, 0.2) is 24.3 Å². The van der Waals surface area contributed by atoms with Gasteiger partial charge >= 0.3 is 6.09 Å². The number of nitrogens with zero attached hydrogens (tertiary/aromatic N) is 1. The van der Waals surface area contributed by atoms with E-state index in [-0.39, 0.29) is 17.4 Å². The molecular formula is C24H34N4O6. The zero-order chi connectivity index (χ0) is 26.1. The van der Waals surface area contributed by atoms with Crippen LogP contribution in [0, 0.1) is 12.5 Å². The van der Waals surface area contributed by atoms with Crippen molar-refractivity contribution in [2.45, 2.75) is 77.6 Å². The molecule has 0 heterocycles. The Balaban J connectivity index is 3.40. The topological polar surface area (TPSA) is 151 Å². The smallest absolute Gasteiger partial charge is 0.408 e. The summed E-state index contributed by atoms with van der Waals surface area (Å²) in [6, 6.07) is 4.91. The highest BCUT2D eigenvalue weighted by atomic mass is 16.6. The molecule has 5 N–H and O–H groups in total. The fraction of sp³-hybridized carbons (Fsp3) is 0.500. The van der Waals surface area contributed by atoms with Gasteiger partial charge in [-0.3, -0.25) is 19.3 Å². The third-order valence-electron chi connectivity index (χ3n) is 4.62. The van der Waals surface area contributed by atoms with Gasteiger partial charge in [-0.05, 0) is 40.2 Å². The van der Waals surface area contributed by atoms with Crippen LogP contribution in [0.4, 0.5) is 4.79 Å². The van der Waals surface area contributed by atoms with Gasteiger partial charge in [-0.1, -0.05) is 38.0 Å². The second-order valence-electron chi connectivity index (χ2n) is 8.87. The Labute approximate surface area is 200 Å². The molecule has 1 aromatic rings. The van der Waals surface area contributed by atoms with Gasteiger partial charge in [0.05, 0.1) is 6.42 Å². The number of hydrogen-bond donors (Lipinski definition) is 4. The summed E-state index contributed by atoms with van der Waals surface area (Å²) in [6.07, 6.45) is 5.55. The summed E-state index contributed by atoms with van der Waals surface area (Å²) < 4.78 is 5.16. The van der Waals surface area contributed by atoms with E-state index in [9.17, 15) is 24.3 Å². The van der Waals surface area contributed by atoms with Crippen LogP contribution < -0.4 is 16.4 Å². The molecule has 10 nitrogen and oxygen atoms in total. The number of rotatable bonds is 10. The summed E-state index contributed by atoms with van der Waals surface area (Å²) in [5.41, 5.74) is 4.48.